The van der Waals surface area contributed by atoms with Crippen molar-refractivity contribution in [2.24, 2.45) is 0 Å². The van der Waals surface area contributed by atoms with Crippen LogP contribution in [0.15, 0.2) is 24.3 Å². The van der Waals surface area contributed by atoms with Gasteiger partial charge in [-0.25, -0.2) is 18.1 Å². The monoisotopic (exact) mass is 239 g/mol. The molecule has 1 aromatic carbocycles. The number of para-hydroxylation sites is 2. The predicted molar refractivity (Wildman–Crippen MR) is 62.5 cm³/mol. The lowest BCUT2D eigenvalue weighted by atomic mass is 10.3. The number of benzene rings is 1. The van der Waals surface area contributed by atoms with E-state index in [0.29, 0.717) is 5.82 Å². The van der Waals surface area contributed by atoms with Gasteiger partial charge in [-0.15, -0.1) is 0 Å². The number of nitrogens with one attached hydrogen (secondary N) is 2. The molecular formula is C10H13N3O2S. The van der Waals surface area contributed by atoms with E-state index >= 15 is 0 Å². The van der Waals surface area contributed by atoms with Crippen LogP contribution in [-0.2, 0) is 10.0 Å². The fourth-order valence-electron chi connectivity index (χ4n) is 1.55. The van der Waals surface area contributed by atoms with Crippen molar-refractivity contribution >= 4 is 21.1 Å². The van der Waals surface area contributed by atoms with Crippen LogP contribution in [0.5, 0.6) is 0 Å². The number of sulfonamides is 1. The van der Waals surface area contributed by atoms with E-state index < -0.39 is 10.0 Å². The van der Waals surface area contributed by atoms with Crippen LogP contribution in [0.3, 0.4) is 0 Å². The second-order valence-electron chi connectivity index (χ2n) is 3.75. The van der Waals surface area contributed by atoms with Gasteiger partial charge >= 0.3 is 0 Å². The molecule has 0 saturated heterocycles. The summed E-state index contributed by atoms with van der Waals surface area (Å²) in [5, 5.41) is 0. The average Bonchev–Trinajstić information content (AvgIpc) is 2.58. The molecule has 0 unspecified atom stereocenters. The van der Waals surface area contributed by atoms with E-state index in [9.17, 15) is 8.42 Å². The Hall–Kier alpha value is -1.40. The van der Waals surface area contributed by atoms with E-state index in [1.807, 2.05) is 24.3 Å². The molecule has 2 rings (SSSR count). The van der Waals surface area contributed by atoms with Crippen molar-refractivity contribution in [1.29, 1.82) is 0 Å². The van der Waals surface area contributed by atoms with Gasteiger partial charge in [-0.2, -0.15) is 0 Å². The highest BCUT2D eigenvalue weighted by Crippen LogP contribution is 2.15. The van der Waals surface area contributed by atoms with Crippen molar-refractivity contribution in [3.63, 3.8) is 0 Å². The Morgan fingerprint density at radius 1 is 1.38 bits per heavy atom. The van der Waals surface area contributed by atoms with Crippen molar-refractivity contribution in [3.8, 4) is 0 Å². The highest BCUT2D eigenvalue weighted by molar-refractivity contribution is 7.88. The summed E-state index contributed by atoms with van der Waals surface area (Å²) in [5.41, 5.74) is 1.74. The van der Waals surface area contributed by atoms with Gasteiger partial charge < -0.3 is 4.98 Å². The maximum atomic E-state index is 11.1. The van der Waals surface area contributed by atoms with Crippen LogP contribution in [-0.4, -0.2) is 24.6 Å². The van der Waals surface area contributed by atoms with Gasteiger partial charge in [0, 0.05) is 0 Å². The van der Waals surface area contributed by atoms with Gasteiger partial charge in [-0.3, -0.25) is 0 Å². The Bertz CT molecular complexity index is 570. The molecule has 0 bridgehead atoms. The minimum absolute atomic E-state index is 0.359. The van der Waals surface area contributed by atoms with Crippen LogP contribution >= 0.6 is 0 Å². The third kappa shape index (κ3) is 2.40. The summed E-state index contributed by atoms with van der Waals surface area (Å²) in [6.07, 6.45) is 1.13. The van der Waals surface area contributed by atoms with E-state index in [1.165, 1.54) is 0 Å². The van der Waals surface area contributed by atoms with Crippen LogP contribution < -0.4 is 4.72 Å². The largest absolute Gasteiger partial charge is 0.341 e. The summed E-state index contributed by atoms with van der Waals surface area (Å²) in [5.74, 6) is 0.617. The van der Waals surface area contributed by atoms with Crippen LogP contribution in [0.4, 0.5) is 0 Å². The zero-order valence-electron chi connectivity index (χ0n) is 9.06. The molecule has 0 saturated carbocycles. The summed E-state index contributed by atoms with van der Waals surface area (Å²) < 4.78 is 24.6. The van der Waals surface area contributed by atoms with Gasteiger partial charge in [0.05, 0.1) is 23.3 Å². The minimum atomic E-state index is -3.22. The lowest BCUT2D eigenvalue weighted by Crippen LogP contribution is -2.26. The van der Waals surface area contributed by atoms with Crippen LogP contribution in [0.25, 0.3) is 11.0 Å². The number of nitrogens with zero attached hydrogens (tertiary/aromatic N) is 1. The molecular weight excluding hydrogens is 226 g/mol. The highest BCUT2D eigenvalue weighted by Gasteiger charge is 2.14. The molecule has 0 radical (unpaired) electrons. The first kappa shape index (κ1) is 11.1. The van der Waals surface area contributed by atoms with Crippen molar-refractivity contribution in [2.75, 3.05) is 6.26 Å². The van der Waals surface area contributed by atoms with E-state index in [2.05, 4.69) is 14.7 Å². The molecule has 86 valence electrons. The first-order chi connectivity index (χ1) is 7.46. The summed E-state index contributed by atoms with van der Waals surface area (Å²) in [4.78, 5) is 7.39. The normalized spacial score (nSPS) is 14.1. The molecule has 0 amide bonds. The molecule has 0 aliphatic heterocycles. The highest BCUT2D eigenvalue weighted by atomic mass is 32.2. The maximum Gasteiger partial charge on any atom is 0.209 e. The molecule has 1 aromatic heterocycles. The SMILES string of the molecule is C[C@@H](NS(C)(=O)=O)c1nc2ccccc2[nH]1. The quantitative estimate of drug-likeness (QED) is 0.844. The minimum Gasteiger partial charge on any atom is -0.341 e. The van der Waals surface area contributed by atoms with Crippen molar-refractivity contribution < 1.29 is 8.42 Å². The van der Waals surface area contributed by atoms with Gasteiger partial charge in [-0.1, -0.05) is 12.1 Å². The first-order valence-electron chi connectivity index (χ1n) is 4.87. The number of aromatic nitrogens is 2. The van der Waals surface area contributed by atoms with E-state index in [0.717, 1.165) is 17.3 Å². The average molecular weight is 239 g/mol. The summed E-state index contributed by atoms with van der Waals surface area (Å²) in [6, 6.07) is 7.21. The molecule has 5 nitrogen and oxygen atoms in total. The molecule has 2 N–H and O–H groups in total. The molecule has 1 atom stereocenters. The van der Waals surface area contributed by atoms with Crippen LogP contribution in [0.2, 0.25) is 0 Å². The lowest BCUT2D eigenvalue weighted by molar-refractivity contribution is 0.567. The maximum absolute atomic E-state index is 11.1. The number of hydrogen-bond donors (Lipinski definition) is 2. The topological polar surface area (TPSA) is 74.8 Å². The van der Waals surface area contributed by atoms with E-state index in [1.54, 1.807) is 6.92 Å². The van der Waals surface area contributed by atoms with Crippen LogP contribution in [0.1, 0.15) is 18.8 Å². The summed E-state index contributed by atoms with van der Waals surface area (Å²) >= 11 is 0. The third-order valence-corrected chi connectivity index (χ3v) is 2.99. The molecule has 16 heavy (non-hydrogen) atoms. The fourth-order valence-corrected chi connectivity index (χ4v) is 2.31. The zero-order chi connectivity index (χ0) is 11.8. The standard InChI is InChI=1S/C10H13N3O2S/c1-7(13-16(2,14)15)10-11-8-5-3-4-6-9(8)12-10/h3-7,13H,1-2H3,(H,11,12)/t7-/m1/s1. The molecule has 0 fully saturated rings. The third-order valence-electron chi connectivity index (χ3n) is 2.21. The fraction of sp³-hybridized carbons (Fsp3) is 0.300. The van der Waals surface area contributed by atoms with Crippen molar-refractivity contribution in [1.82, 2.24) is 14.7 Å². The van der Waals surface area contributed by atoms with Gasteiger partial charge in [0.2, 0.25) is 10.0 Å². The zero-order valence-corrected chi connectivity index (χ0v) is 9.88. The van der Waals surface area contributed by atoms with E-state index in [4.69, 9.17) is 0 Å². The number of fused-ring (bicyclic) bond motifs is 1. The number of H-pyrrole nitrogens is 1. The number of aromatic amines is 1. The Morgan fingerprint density at radius 3 is 2.69 bits per heavy atom. The molecule has 1 heterocycles. The lowest BCUT2D eigenvalue weighted by Gasteiger charge is -2.08. The van der Waals surface area contributed by atoms with Crippen molar-refractivity contribution in [3.05, 3.63) is 30.1 Å². The Kier molecular flexibility index (Phi) is 2.69. The number of rotatable bonds is 3. The Balaban J connectivity index is 2.33. The smallest absolute Gasteiger partial charge is 0.209 e. The van der Waals surface area contributed by atoms with Gasteiger partial charge in [0.1, 0.15) is 5.82 Å². The predicted octanol–water partition coefficient (Wildman–Crippen LogP) is 1.17. The number of hydrogen-bond acceptors (Lipinski definition) is 3. The van der Waals surface area contributed by atoms with Gasteiger partial charge in [-0.05, 0) is 19.1 Å². The molecule has 6 heteroatoms. The molecule has 0 aliphatic carbocycles. The van der Waals surface area contributed by atoms with Gasteiger partial charge in [0.15, 0.2) is 0 Å². The summed E-state index contributed by atoms with van der Waals surface area (Å²) in [7, 11) is -3.22. The molecule has 0 spiro atoms. The second kappa shape index (κ2) is 3.88. The molecule has 2 aromatic rings. The summed E-state index contributed by atoms with van der Waals surface area (Å²) in [6.45, 7) is 1.75. The first-order valence-corrected chi connectivity index (χ1v) is 6.77. The Labute approximate surface area is 93.9 Å². The molecule has 0 aliphatic rings. The second-order valence-corrected chi connectivity index (χ2v) is 5.53. The Morgan fingerprint density at radius 2 is 2.06 bits per heavy atom. The van der Waals surface area contributed by atoms with Crippen LogP contribution in [0, 0.1) is 0 Å². The van der Waals surface area contributed by atoms with E-state index in [-0.39, 0.29) is 6.04 Å². The van der Waals surface area contributed by atoms with Gasteiger partial charge in [0.25, 0.3) is 0 Å². The number of imidazole rings is 1. The van der Waals surface area contributed by atoms with Crippen molar-refractivity contribution in [2.45, 2.75) is 13.0 Å².